The third-order valence-corrected chi connectivity index (χ3v) is 4.38. The average molecular weight is 297 g/mol. The Balaban J connectivity index is 2.24. The molecule has 0 bridgehead atoms. The number of rotatable bonds is 4. The van der Waals surface area contributed by atoms with Crippen molar-refractivity contribution in [3.05, 3.63) is 65.7 Å². The van der Waals surface area contributed by atoms with Gasteiger partial charge in [0.05, 0.1) is 4.90 Å². The SMILES string of the molecule is CC(NS(=O)(=O)c1ccc(F)cc1)c1ccccc1F. The second-order valence-electron chi connectivity index (χ2n) is 4.32. The molecule has 0 aliphatic carbocycles. The fourth-order valence-electron chi connectivity index (χ4n) is 1.80. The van der Waals surface area contributed by atoms with Crippen LogP contribution in [0.15, 0.2) is 53.4 Å². The van der Waals surface area contributed by atoms with E-state index in [0.717, 1.165) is 24.3 Å². The topological polar surface area (TPSA) is 46.2 Å². The Hall–Kier alpha value is -1.79. The first-order valence-electron chi connectivity index (χ1n) is 5.92. The van der Waals surface area contributed by atoms with Gasteiger partial charge in [0.15, 0.2) is 0 Å². The molecular formula is C14H13F2NO2S. The van der Waals surface area contributed by atoms with Crippen molar-refractivity contribution in [2.45, 2.75) is 17.9 Å². The minimum atomic E-state index is -3.82. The van der Waals surface area contributed by atoms with Gasteiger partial charge in [0, 0.05) is 11.6 Å². The minimum absolute atomic E-state index is 0.0675. The molecule has 0 aliphatic rings. The van der Waals surface area contributed by atoms with E-state index in [9.17, 15) is 17.2 Å². The number of benzene rings is 2. The lowest BCUT2D eigenvalue weighted by Crippen LogP contribution is -2.27. The van der Waals surface area contributed by atoms with Gasteiger partial charge < -0.3 is 0 Å². The van der Waals surface area contributed by atoms with Crippen LogP contribution in [-0.4, -0.2) is 8.42 Å². The van der Waals surface area contributed by atoms with Crippen molar-refractivity contribution in [2.24, 2.45) is 0 Å². The number of nitrogens with one attached hydrogen (secondary N) is 1. The first kappa shape index (κ1) is 14.6. The molecule has 2 rings (SSSR count). The molecule has 106 valence electrons. The summed E-state index contributed by atoms with van der Waals surface area (Å²) >= 11 is 0. The molecule has 3 nitrogen and oxygen atoms in total. The second kappa shape index (κ2) is 5.68. The third-order valence-electron chi connectivity index (χ3n) is 2.83. The van der Waals surface area contributed by atoms with E-state index in [1.54, 1.807) is 13.0 Å². The monoisotopic (exact) mass is 297 g/mol. The van der Waals surface area contributed by atoms with Crippen molar-refractivity contribution in [1.29, 1.82) is 0 Å². The number of hydrogen-bond donors (Lipinski definition) is 1. The maximum Gasteiger partial charge on any atom is 0.241 e. The molecule has 6 heteroatoms. The molecule has 0 aromatic heterocycles. The van der Waals surface area contributed by atoms with E-state index in [-0.39, 0.29) is 10.5 Å². The fourth-order valence-corrected chi connectivity index (χ4v) is 3.03. The van der Waals surface area contributed by atoms with Crippen LogP contribution >= 0.6 is 0 Å². The van der Waals surface area contributed by atoms with Crippen LogP contribution < -0.4 is 4.72 Å². The predicted octanol–water partition coefficient (Wildman–Crippen LogP) is 3.00. The van der Waals surface area contributed by atoms with Crippen LogP contribution in [0, 0.1) is 11.6 Å². The summed E-state index contributed by atoms with van der Waals surface area (Å²) < 4.78 is 52.9. The van der Waals surface area contributed by atoms with Gasteiger partial charge in [0.25, 0.3) is 0 Å². The molecule has 0 amide bonds. The molecular weight excluding hydrogens is 284 g/mol. The molecule has 0 radical (unpaired) electrons. The van der Waals surface area contributed by atoms with Crippen LogP contribution in [0.5, 0.6) is 0 Å². The molecule has 20 heavy (non-hydrogen) atoms. The van der Waals surface area contributed by atoms with Crippen molar-refractivity contribution >= 4 is 10.0 Å². The molecule has 0 spiro atoms. The smallest absolute Gasteiger partial charge is 0.207 e. The largest absolute Gasteiger partial charge is 0.241 e. The predicted molar refractivity (Wildman–Crippen MR) is 71.5 cm³/mol. The summed E-state index contributed by atoms with van der Waals surface area (Å²) in [4.78, 5) is -0.0675. The summed E-state index contributed by atoms with van der Waals surface area (Å²) in [6.07, 6.45) is 0. The molecule has 0 aliphatic heterocycles. The van der Waals surface area contributed by atoms with Crippen molar-refractivity contribution in [3.63, 3.8) is 0 Å². The average Bonchev–Trinajstić information content (AvgIpc) is 2.39. The summed E-state index contributed by atoms with van der Waals surface area (Å²) in [7, 11) is -3.82. The van der Waals surface area contributed by atoms with Crippen LogP contribution in [0.2, 0.25) is 0 Å². The van der Waals surface area contributed by atoms with Crippen molar-refractivity contribution < 1.29 is 17.2 Å². The van der Waals surface area contributed by atoms with Gasteiger partial charge in [-0.1, -0.05) is 18.2 Å². The summed E-state index contributed by atoms with van der Waals surface area (Å²) in [5.74, 6) is -1.01. The standard InChI is InChI=1S/C14H13F2NO2S/c1-10(13-4-2-3-5-14(13)16)17-20(18,19)12-8-6-11(15)7-9-12/h2-10,17H,1H3. The van der Waals surface area contributed by atoms with Gasteiger partial charge in [-0.2, -0.15) is 0 Å². The van der Waals surface area contributed by atoms with Crippen LogP contribution in [0.1, 0.15) is 18.5 Å². The van der Waals surface area contributed by atoms with Crippen LogP contribution in [0.3, 0.4) is 0 Å². The van der Waals surface area contributed by atoms with E-state index in [4.69, 9.17) is 0 Å². The fraction of sp³-hybridized carbons (Fsp3) is 0.143. The van der Waals surface area contributed by atoms with Crippen molar-refractivity contribution in [2.75, 3.05) is 0 Å². The molecule has 0 fully saturated rings. The molecule has 0 saturated carbocycles. The zero-order valence-corrected chi connectivity index (χ0v) is 11.5. The number of halogens is 2. The first-order chi connectivity index (χ1) is 9.40. The van der Waals surface area contributed by atoms with E-state index in [1.165, 1.54) is 18.2 Å². The summed E-state index contributed by atoms with van der Waals surface area (Å²) in [6, 6.07) is 9.63. The van der Waals surface area contributed by atoms with E-state index in [0.29, 0.717) is 0 Å². The lowest BCUT2D eigenvalue weighted by atomic mass is 10.1. The third kappa shape index (κ3) is 3.20. The van der Waals surface area contributed by atoms with E-state index < -0.39 is 27.7 Å². The van der Waals surface area contributed by atoms with Crippen LogP contribution in [-0.2, 0) is 10.0 Å². The molecule has 0 heterocycles. The van der Waals surface area contributed by atoms with Gasteiger partial charge in [-0.25, -0.2) is 21.9 Å². The Bertz CT molecular complexity index is 699. The molecule has 2 aromatic rings. The van der Waals surface area contributed by atoms with Gasteiger partial charge in [-0.3, -0.25) is 0 Å². The maximum atomic E-state index is 13.6. The van der Waals surface area contributed by atoms with Gasteiger partial charge >= 0.3 is 0 Å². The Kier molecular flexibility index (Phi) is 4.15. The molecule has 0 saturated heterocycles. The Morgan fingerprint density at radius 1 is 1.00 bits per heavy atom. The lowest BCUT2D eigenvalue weighted by Gasteiger charge is -2.15. The zero-order valence-electron chi connectivity index (χ0n) is 10.7. The zero-order chi connectivity index (χ0) is 14.8. The van der Waals surface area contributed by atoms with Gasteiger partial charge in [-0.05, 0) is 37.3 Å². The van der Waals surface area contributed by atoms with E-state index >= 15 is 0 Å². The van der Waals surface area contributed by atoms with Crippen molar-refractivity contribution in [1.82, 2.24) is 4.72 Å². The van der Waals surface area contributed by atoms with Crippen LogP contribution in [0.25, 0.3) is 0 Å². The molecule has 1 atom stereocenters. The quantitative estimate of drug-likeness (QED) is 0.943. The Morgan fingerprint density at radius 3 is 2.20 bits per heavy atom. The highest BCUT2D eigenvalue weighted by Crippen LogP contribution is 2.19. The second-order valence-corrected chi connectivity index (χ2v) is 6.03. The first-order valence-corrected chi connectivity index (χ1v) is 7.41. The highest BCUT2D eigenvalue weighted by atomic mass is 32.2. The summed E-state index contributed by atoms with van der Waals surface area (Å²) in [5.41, 5.74) is 0.248. The summed E-state index contributed by atoms with van der Waals surface area (Å²) in [5, 5.41) is 0. The van der Waals surface area contributed by atoms with Crippen LogP contribution in [0.4, 0.5) is 8.78 Å². The highest BCUT2D eigenvalue weighted by Gasteiger charge is 2.20. The molecule has 1 N–H and O–H groups in total. The Morgan fingerprint density at radius 2 is 1.60 bits per heavy atom. The Labute approximate surface area is 116 Å². The summed E-state index contributed by atoms with van der Waals surface area (Å²) in [6.45, 7) is 1.54. The maximum absolute atomic E-state index is 13.6. The normalized spacial score (nSPS) is 13.2. The molecule has 2 aromatic carbocycles. The highest BCUT2D eigenvalue weighted by molar-refractivity contribution is 7.89. The van der Waals surface area contributed by atoms with Gasteiger partial charge in [0.2, 0.25) is 10.0 Å². The molecule has 1 unspecified atom stereocenters. The van der Waals surface area contributed by atoms with E-state index in [2.05, 4.69) is 4.72 Å². The van der Waals surface area contributed by atoms with E-state index in [1.807, 2.05) is 0 Å². The van der Waals surface area contributed by atoms with Gasteiger partial charge in [0.1, 0.15) is 11.6 Å². The minimum Gasteiger partial charge on any atom is -0.207 e. The number of sulfonamides is 1. The van der Waals surface area contributed by atoms with Gasteiger partial charge in [-0.15, -0.1) is 0 Å². The lowest BCUT2D eigenvalue weighted by molar-refractivity contribution is 0.549. The number of hydrogen-bond acceptors (Lipinski definition) is 2. The van der Waals surface area contributed by atoms with Crippen molar-refractivity contribution in [3.8, 4) is 0 Å².